The summed E-state index contributed by atoms with van der Waals surface area (Å²) < 4.78 is 26.5. The van der Waals surface area contributed by atoms with Crippen LogP contribution in [0.25, 0.3) is 0 Å². The van der Waals surface area contributed by atoms with Gasteiger partial charge in [-0.1, -0.05) is 6.08 Å². The Kier molecular flexibility index (Phi) is 5.31. The molecule has 0 aliphatic heterocycles. The molecule has 1 aromatic heterocycles. The van der Waals surface area contributed by atoms with E-state index in [1.165, 1.54) is 16.4 Å². The molecule has 0 aromatic carbocycles. The van der Waals surface area contributed by atoms with Crippen LogP contribution in [0.2, 0.25) is 0 Å². The van der Waals surface area contributed by atoms with Crippen molar-refractivity contribution in [2.24, 2.45) is 0 Å². The zero-order valence-electron chi connectivity index (χ0n) is 10.5. The lowest BCUT2D eigenvalue weighted by atomic mass is 10.4. The van der Waals surface area contributed by atoms with E-state index in [0.29, 0.717) is 3.79 Å². The monoisotopic (exact) mass is 367 g/mol. The first-order valence-electron chi connectivity index (χ1n) is 5.37. The molecule has 1 heterocycles. The number of carboxylic acids is 1. The van der Waals surface area contributed by atoms with Crippen molar-refractivity contribution in [3.63, 3.8) is 0 Å². The SMILES string of the molecule is C=CCN(C(C)C)S(=O)(=O)c1cc(C(=O)O)sc1Br. The number of halogens is 1. The van der Waals surface area contributed by atoms with Gasteiger partial charge in [0.2, 0.25) is 10.0 Å². The summed E-state index contributed by atoms with van der Waals surface area (Å²) in [6, 6.07) is 0.924. The number of carboxylic acid groups (broad SMARTS) is 1. The Labute approximate surface area is 124 Å². The highest BCUT2D eigenvalue weighted by molar-refractivity contribution is 9.11. The van der Waals surface area contributed by atoms with Gasteiger partial charge < -0.3 is 5.11 Å². The first-order valence-corrected chi connectivity index (χ1v) is 8.42. The molecule has 0 bridgehead atoms. The molecule has 1 N–H and O–H groups in total. The topological polar surface area (TPSA) is 74.7 Å². The second kappa shape index (κ2) is 6.17. The van der Waals surface area contributed by atoms with Crippen molar-refractivity contribution in [2.45, 2.75) is 24.8 Å². The Balaban J connectivity index is 3.33. The molecule has 1 aromatic rings. The molecule has 0 unspecified atom stereocenters. The smallest absolute Gasteiger partial charge is 0.345 e. The second-order valence-electron chi connectivity index (χ2n) is 4.01. The number of rotatable bonds is 6. The lowest BCUT2D eigenvalue weighted by molar-refractivity contribution is 0.0702. The van der Waals surface area contributed by atoms with Crippen LogP contribution < -0.4 is 0 Å². The van der Waals surface area contributed by atoms with Crippen molar-refractivity contribution in [3.05, 3.63) is 27.4 Å². The van der Waals surface area contributed by atoms with E-state index in [1.54, 1.807) is 13.8 Å². The van der Waals surface area contributed by atoms with Crippen molar-refractivity contribution < 1.29 is 18.3 Å². The Morgan fingerprint density at radius 1 is 1.63 bits per heavy atom. The van der Waals surface area contributed by atoms with Crippen LogP contribution in [0.4, 0.5) is 0 Å². The van der Waals surface area contributed by atoms with Gasteiger partial charge in [-0.2, -0.15) is 4.31 Å². The van der Waals surface area contributed by atoms with Crippen molar-refractivity contribution >= 4 is 43.3 Å². The van der Waals surface area contributed by atoms with Gasteiger partial charge in [0.05, 0.1) is 3.79 Å². The van der Waals surface area contributed by atoms with Crippen molar-refractivity contribution in [1.29, 1.82) is 0 Å². The summed E-state index contributed by atoms with van der Waals surface area (Å²) in [6.45, 7) is 7.21. The molecule has 5 nitrogen and oxygen atoms in total. The molecule has 0 saturated heterocycles. The predicted octanol–water partition coefficient (Wildman–Crippen LogP) is 2.79. The van der Waals surface area contributed by atoms with Gasteiger partial charge >= 0.3 is 5.97 Å². The summed E-state index contributed by atoms with van der Waals surface area (Å²) >= 11 is 4.00. The minimum Gasteiger partial charge on any atom is -0.477 e. The zero-order valence-corrected chi connectivity index (χ0v) is 13.7. The van der Waals surface area contributed by atoms with E-state index in [2.05, 4.69) is 22.5 Å². The number of carbonyl (C=O) groups is 1. The number of aromatic carboxylic acids is 1. The van der Waals surface area contributed by atoms with Gasteiger partial charge in [-0.15, -0.1) is 17.9 Å². The molecule has 106 valence electrons. The number of sulfonamides is 1. The molecular formula is C11H14BrNO4S2. The van der Waals surface area contributed by atoms with E-state index in [0.717, 1.165) is 11.3 Å². The molecule has 19 heavy (non-hydrogen) atoms. The summed E-state index contributed by atoms with van der Waals surface area (Å²) in [5.41, 5.74) is 0. The standard InChI is InChI=1S/C11H14BrNO4S2/c1-4-5-13(7(2)3)19(16,17)9-6-8(11(14)15)18-10(9)12/h4,6-7H,1,5H2,2-3H3,(H,14,15). The molecule has 0 fully saturated rings. The fourth-order valence-electron chi connectivity index (χ4n) is 1.47. The maximum Gasteiger partial charge on any atom is 0.345 e. The molecule has 0 saturated carbocycles. The maximum absolute atomic E-state index is 12.5. The summed E-state index contributed by atoms with van der Waals surface area (Å²) in [6.07, 6.45) is 1.50. The number of nitrogens with zero attached hydrogens (tertiary/aromatic N) is 1. The van der Waals surface area contributed by atoms with Gasteiger partial charge in [-0.25, -0.2) is 13.2 Å². The van der Waals surface area contributed by atoms with Crippen molar-refractivity contribution in [1.82, 2.24) is 4.31 Å². The largest absolute Gasteiger partial charge is 0.477 e. The van der Waals surface area contributed by atoms with Crippen LogP contribution in [0, 0.1) is 0 Å². The van der Waals surface area contributed by atoms with Crippen LogP contribution in [-0.4, -0.2) is 36.4 Å². The molecule has 1 rings (SSSR count). The van der Waals surface area contributed by atoms with Crippen LogP contribution in [-0.2, 0) is 10.0 Å². The van der Waals surface area contributed by atoms with Gasteiger partial charge in [0, 0.05) is 12.6 Å². The highest BCUT2D eigenvalue weighted by atomic mass is 79.9. The van der Waals surface area contributed by atoms with E-state index >= 15 is 0 Å². The Hall–Kier alpha value is -0.700. The van der Waals surface area contributed by atoms with Gasteiger partial charge in [-0.3, -0.25) is 0 Å². The van der Waals surface area contributed by atoms with Gasteiger partial charge in [0.25, 0.3) is 0 Å². The maximum atomic E-state index is 12.5. The van der Waals surface area contributed by atoms with Crippen molar-refractivity contribution in [2.75, 3.05) is 6.54 Å². The Bertz CT molecular complexity index is 592. The van der Waals surface area contributed by atoms with Crippen LogP contribution >= 0.6 is 27.3 Å². The molecule has 0 spiro atoms. The van der Waals surface area contributed by atoms with E-state index < -0.39 is 16.0 Å². The molecule has 0 radical (unpaired) electrons. The van der Waals surface area contributed by atoms with Gasteiger partial charge in [0.1, 0.15) is 9.77 Å². The lowest BCUT2D eigenvalue weighted by Crippen LogP contribution is -2.36. The molecule has 0 aliphatic carbocycles. The third kappa shape index (κ3) is 3.44. The third-order valence-corrected chi connectivity index (χ3v) is 6.62. The number of hydrogen-bond acceptors (Lipinski definition) is 4. The predicted molar refractivity (Wildman–Crippen MR) is 78.2 cm³/mol. The summed E-state index contributed by atoms with van der Waals surface area (Å²) in [5, 5.41) is 8.90. The minimum atomic E-state index is -3.74. The zero-order chi connectivity index (χ0) is 14.8. The summed E-state index contributed by atoms with van der Waals surface area (Å²) in [5.74, 6) is -1.15. The number of thiophene rings is 1. The van der Waals surface area contributed by atoms with Crippen LogP contribution in [0.5, 0.6) is 0 Å². The van der Waals surface area contributed by atoms with Crippen LogP contribution in [0.15, 0.2) is 27.4 Å². The first kappa shape index (κ1) is 16.4. The third-order valence-electron chi connectivity index (χ3n) is 2.34. The highest BCUT2D eigenvalue weighted by Crippen LogP contribution is 2.34. The van der Waals surface area contributed by atoms with Crippen LogP contribution in [0.3, 0.4) is 0 Å². The summed E-state index contributed by atoms with van der Waals surface area (Å²) in [7, 11) is -3.74. The number of hydrogen-bond donors (Lipinski definition) is 1. The van der Waals surface area contributed by atoms with E-state index in [1.807, 2.05) is 0 Å². The average molecular weight is 368 g/mol. The molecule has 8 heteroatoms. The van der Waals surface area contributed by atoms with Crippen molar-refractivity contribution in [3.8, 4) is 0 Å². The second-order valence-corrected chi connectivity index (χ2v) is 8.24. The van der Waals surface area contributed by atoms with Gasteiger partial charge in [0.15, 0.2) is 0 Å². The summed E-state index contributed by atoms with van der Waals surface area (Å²) in [4.78, 5) is 10.8. The average Bonchev–Trinajstić information content (AvgIpc) is 2.68. The molecule has 0 atom stereocenters. The first-order chi connectivity index (χ1) is 8.71. The fourth-order valence-corrected chi connectivity index (χ4v) is 5.44. The quantitative estimate of drug-likeness (QED) is 0.784. The Morgan fingerprint density at radius 2 is 2.21 bits per heavy atom. The van der Waals surface area contributed by atoms with E-state index in [9.17, 15) is 13.2 Å². The van der Waals surface area contributed by atoms with Crippen LogP contribution in [0.1, 0.15) is 23.5 Å². The van der Waals surface area contributed by atoms with Gasteiger partial charge in [-0.05, 0) is 35.8 Å². The minimum absolute atomic E-state index is 0.0206. The van der Waals surface area contributed by atoms with E-state index in [-0.39, 0.29) is 22.4 Å². The van der Waals surface area contributed by atoms with E-state index in [4.69, 9.17) is 5.11 Å². The Morgan fingerprint density at radius 3 is 2.58 bits per heavy atom. The lowest BCUT2D eigenvalue weighted by Gasteiger charge is -2.24. The molecular weight excluding hydrogens is 354 g/mol. The normalized spacial score (nSPS) is 12.1. The highest BCUT2D eigenvalue weighted by Gasteiger charge is 2.30. The fraction of sp³-hybridized carbons (Fsp3) is 0.364. The molecule has 0 amide bonds. The molecule has 0 aliphatic rings.